The maximum absolute atomic E-state index is 12.3. The van der Waals surface area contributed by atoms with Gasteiger partial charge in [-0.1, -0.05) is 60.7 Å². The normalized spacial score (nSPS) is 19.3. The first-order chi connectivity index (χ1) is 12.6. The first-order valence-electron chi connectivity index (χ1n) is 8.59. The molecule has 0 unspecified atom stereocenters. The third-order valence-electron chi connectivity index (χ3n) is 4.51. The highest BCUT2D eigenvalue weighted by Crippen LogP contribution is 2.19. The minimum atomic E-state index is -0.908. The van der Waals surface area contributed by atoms with Crippen LogP contribution < -0.4 is 5.32 Å². The zero-order chi connectivity index (χ0) is 18.4. The Bertz CT molecular complexity index is 736. The van der Waals surface area contributed by atoms with Gasteiger partial charge in [0.15, 0.2) is 0 Å². The van der Waals surface area contributed by atoms with E-state index in [1.165, 1.54) is 4.90 Å². The summed E-state index contributed by atoms with van der Waals surface area (Å²) in [5.74, 6) is -1.56. The average Bonchev–Trinajstić information content (AvgIpc) is 3.11. The third kappa shape index (κ3) is 4.61. The largest absolute Gasteiger partial charge is 0.481 e. The van der Waals surface area contributed by atoms with Crippen LogP contribution in [-0.4, -0.2) is 41.2 Å². The van der Waals surface area contributed by atoms with Crippen LogP contribution in [0.5, 0.6) is 0 Å². The van der Waals surface area contributed by atoms with Crippen molar-refractivity contribution in [2.45, 2.75) is 19.2 Å². The van der Waals surface area contributed by atoms with Gasteiger partial charge in [-0.2, -0.15) is 0 Å². The minimum absolute atomic E-state index is 0.148. The van der Waals surface area contributed by atoms with Gasteiger partial charge in [0.25, 0.3) is 0 Å². The van der Waals surface area contributed by atoms with Crippen molar-refractivity contribution >= 4 is 12.1 Å². The second-order valence-electron chi connectivity index (χ2n) is 6.36. The molecular formula is C20H22N2O4. The maximum atomic E-state index is 12.3. The van der Waals surface area contributed by atoms with Crippen LogP contribution in [0.4, 0.5) is 4.79 Å². The first-order valence-corrected chi connectivity index (χ1v) is 8.59. The highest BCUT2D eigenvalue weighted by molar-refractivity contribution is 5.75. The molecule has 1 saturated heterocycles. The first kappa shape index (κ1) is 17.9. The van der Waals surface area contributed by atoms with Gasteiger partial charge in [-0.05, 0) is 11.1 Å². The van der Waals surface area contributed by atoms with Crippen molar-refractivity contribution in [2.75, 3.05) is 13.1 Å². The lowest BCUT2D eigenvalue weighted by molar-refractivity contribution is -0.141. The molecule has 6 heteroatoms. The number of aliphatic carboxylic acids is 1. The predicted octanol–water partition coefficient (Wildman–Crippen LogP) is 2.50. The molecule has 0 bridgehead atoms. The minimum Gasteiger partial charge on any atom is -0.481 e. The fourth-order valence-electron chi connectivity index (χ4n) is 3.07. The van der Waals surface area contributed by atoms with Gasteiger partial charge < -0.3 is 20.1 Å². The van der Waals surface area contributed by atoms with Crippen LogP contribution in [-0.2, 0) is 22.7 Å². The molecule has 3 rings (SSSR count). The summed E-state index contributed by atoms with van der Waals surface area (Å²) in [6.45, 7) is 1.20. The summed E-state index contributed by atoms with van der Waals surface area (Å²) in [7, 11) is 0. The molecule has 1 amide bonds. The van der Waals surface area contributed by atoms with Crippen LogP contribution in [0.2, 0.25) is 0 Å². The molecule has 6 nitrogen and oxygen atoms in total. The van der Waals surface area contributed by atoms with Gasteiger partial charge in [0.05, 0.1) is 5.92 Å². The van der Waals surface area contributed by atoms with Gasteiger partial charge in [0, 0.05) is 25.7 Å². The lowest BCUT2D eigenvalue weighted by Gasteiger charge is -2.17. The van der Waals surface area contributed by atoms with E-state index in [1.54, 1.807) is 0 Å². The van der Waals surface area contributed by atoms with Crippen molar-refractivity contribution in [3.05, 3.63) is 71.8 Å². The van der Waals surface area contributed by atoms with Gasteiger partial charge >= 0.3 is 12.1 Å². The van der Waals surface area contributed by atoms with Crippen molar-refractivity contribution in [2.24, 2.45) is 5.92 Å². The van der Waals surface area contributed by atoms with E-state index in [9.17, 15) is 14.7 Å². The average molecular weight is 354 g/mol. The quantitative estimate of drug-likeness (QED) is 0.833. The number of rotatable bonds is 6. The number of ether oxygens (including phenoxy) is 1. The number of carboxylic acids is 1. The van der Waals surface area contributed by atoms with Gasteiger partial charge in [0.2, 0.25) is 0 Å². The molecular weight excluding hydrogens is 332 g/mol. The van der Waals surface area contributed by atoms with E-state index in [-0.39, 0.29) is 19.2 Å². The Hall–Kier alpha value is -2.86. The van der Waals surface area contributed by atoms with Crippen LogP contribution in [0, 0.1) is 5.92 Å². The van der Waals surface area contributed by atoms with E-state index in [4.69, 9.17) is 4.74 Å². The number of benzene rings is 2. The predicted molar refractivity (Wildman–Crippen MR) is 96.4 cm³/mol. The summed E-state index contributed by atoms with van der Waals surface area (Å²) in [5.41, 5.74) is 1.97. The Kier molecular flexibility index (Phi) is 5.86. The van der Waals surface area contributed by atoms with E-state index in [2.05, 4.69) is 5.32 Å². The lowest BCUT2D eigenvalue weighted by atomic mass is 10.0. The van der Waals surface area contributed by atoms with Gasteiger partial charge in [-0.25, -0.2) is 4.79 Å². The number of nitrogens with one attached hydrogen (secondary N) is 1. The van der Waals surface area contributed by atoms with E-state index in [0.29, 0.717) is 13.1 Å². The molecule has 2 aromatic carbocycles. The monoisotopic (exact) mass is 354 g/mol. The van der Waals surface area contributed by atoms with Gasteiger partial charge in [-0.15, -0.1) is 0 Å². The molecule has 2 aromatic rings. The lowest BCUT2D eigenvalue weighted by Crippen LogP contribution is -2.39. The summed E-state index contributed by atoms with van der Waals surface area (Å²) < 4.78 is 5.32. The van der Waals surface area contributed by atoms with Crippen molar-refractivity contribution in [1.29, 1.82) is 0 Å². The SMILES string of the molecule is O=C(O)[C@@H]1CN(C(=O)OCc2ccccc2)C[C@@H]1NCc1ccccc1. The Balaban J connectivity index is 1.55. The van der Waals surface area contributed by atoms with E-state index < -0.39 is 18.0 Å². The summed E-state index contributed by atoms with van der Waals surface area (Å²) in [6, 6.07) is 18.9. The number of hydrogen-bond acceptors (Lipinski definition) is 4. The van der Waals surface area contributed by atoms with Crippen molar-refractivity contribution in [3.8, 4) is 0 Å². The molecule has 0 spiro atoms. The third-order valence-corrected chi connectivity index (χ3v) is 4.51. The highest BCUT2D eigenvalue weighted by atomic mass is 16.6. The maximum Gasteiger partial charge on any atom is 0.410 e. The zero-order valence-electron chi connectivity index (χ0n) is 14.4. The molecule has 1 heterocycles. The number of nitrogens with zero attached hydrogens (tertiary/aromatic N) is 1. The Morgan fingerprint density at radius 3 is 2.23 bits per heavy atom. The summed E-state index contributed by atoms with van der Waals surface area (Å²) in [4.78, 5) is 25.3. The van der Waals surface area contributed by atoms with Crippen molar-refractivity contribution in [3.63, 3.8) is 0 Å². The highest BCUT2D eigenvalue weighted by Gasteiger charge is 2.40. The Labute approximate surface area is 152 Å². The standard InChI is InChI=1S/C20H22N2O4/c23-19(24)17-12-22(20(25)26-14-16-9-5-2-6-10-16)13-18(17)21-11-15-7-3-1-4-8-15/h1-10,17-18,21H,11-14H2,(H,23,24)/t17-,18+/m1/s1. The molecule has 2 N–H and O–H groups in total. The number of carbonyl (C=O) groups is 2. The number of likely N-dealkylation sites (tertiary alicyclic amines) is 1. The second-order valence-corrected chi connectivity index (χ2v) is 6.36. The second kappa shape index (κ2) is 8.49. The molecule has 1 aliphatic heterocycles. The molecule has 0 saturated carbocycles. The van der Waals surface area contributed by atoms with Crippen molar-refractivity contribution < 1.29 is 19.4 Å². The Morgan fingerprint density at radius 1 is 1.00 bits per heavy atom. The number of carboxylic acid groups (broad SMARTS) is 1. The van der Waals surface area contributed by atoms with Gasteiger partial charge in [-0.3, -0.25) is 4.79 Å². The fourth-order valence-corrected chi connectivity index (χ4v) is 3.07. The number of amides is 1. The van der Waals surface area contributed by atoms with E-state index >= 15 is 0 Å². The zero-order valence-corrected chi connectivity index (χ0v) is 14.4. The van der Waals surface area contributed by atoms with Crippen LogP contribution in [0.15, 0.2) is 60.7 Å². The van der Waals surface area contributed by atoms with Crippen LogP contribution in [0.1, 0.15) is 11.1 Å². The molecule has 136 valence electrons. The molecule has 2 atom stereocenters. The number of carbonyl (C=O) groups excluding carboxylic acids is 1. The summed E-state index contributed by atoms with van der Waals surface area (Å²) in [6.07, 6.45) is -0.482. The molecule has 26 heavy (non-hydrogen) atoms. The molecule has 0 radical (unpaired) electrons. The van der Waals surface area contributed by atoms with E-state index in [1.807, 2.05) is 60.7 Å². The van der Waals surface area contributed by atoms with Crippen LogP contribution in [0.25, 0.3) is 0 Å². The number of hydrogen-bond donors (Lipinski definition) is 2. The van der Waals surface area contributed by atoms with Crippen LogP contribution in [0.3, 0.4) is 0 Å². The van der Waals surface area contributed by atoms with Crippen molar-refractivity contribution in [1.82, 2.24) is 10.2 Å². The fraction of sp³-hybridized carbons (Fsp3) is 0.300. The van der Waals surface area contributed by atoms with Crippen LogP contribution >= 0.6 is 0 Å². The molecule has 1 fully saturated rings. The smallest absolute Gasteiger partial charge is 0.410 e. The van der Waals surface area contributed by atoms with E-state index in [0.717, 1.165) is 11.1 Å². The summed E-state index contributed by atoms with van der Waals surface area (Å²) in [5, 5.41) is 12.7. The molecule has 0 aliphatic carbocycles. The van der Waals surface area contributed by atoms with Gasteiger partial charge in [0.1, 0.15) is 6.61 Å². The Morgan fingerprint density at radius 2 is 1.62 bits per heavy atom. The topological polar surface area (TPSA) is 78.9 Å². The molecule has 1 aliphatic rings. The summed E-state index contributed by atoms with van der Waals surface area (Å²) >= 11 is 0. The molecule has 0 aromatic heterocycles.